The summed E-state index contributed by atoms with van der Waals surface area (Å²) in [5, 5.41) is 16.6. The van der Waals surface area contributed by atoms with Crippen molar-refractivity contribution in [2.45, 2.75) is 26.8 Å². The first-order chi connectivity index (χ1) is 17.4. The van der Waals surface area contributed by atoms with Gasteiger partial charge in [-0.25, -0.2) is 10.1 Å². The molecule has 36 heavy (non-hydrogen) atoms. The van der Waals surface area contributed by atoms with E-state index in [1.54, 1.807) is 25.1 Å². The molecule has 0 bridgehead atoms. The van der Waals surface area contributed by atoms with Crippen LogP contribution in [0, 0.1) is 6.92 Å². The van der Waals surface area contributed by atoms with Crippen LogP contribution in [-0.4, -0.2) is 42.0 Å². The highest BCUT2D eigenvalue weighted by atomic mass is 79.9. The normalized spacial score (nSPS) is 11.2. The molecule has 2 amide bonds. The Labute approximate surface area is 213 Å². The Morgan fingerprint density at radius 2 is 2.03 bits per heavy atom. The van der Waals surface area contributed by atoms with Gasteiger partial charge in [-0.05, 0) is 57.0 Å². The maximum atomic E-state index is 12.9. The first-order valence-electron chi connectivity index (χ1n) is 11.1. The van der Waals surface area contributed by atoms with Gasteiger partial charge >= 0.3 is 0 Å². The fourth-order valence-corrected chi connectivity index (χ4v) is 4.82. The van der Waals surface area contributed by atoms with Gasteiger partial charge in [0, 0.05) is 23.9 Å². The molecule has 0 saturated carbocycles. The van der Waals surface area contributed by atoms with Gasteiger partial charge in [-0.2, -0.15) is 0 Å². The molecule has 182 valence electrons. The van der Waals surface area contributed by atoms with Crippen molar-refractivity contribution in [2.24, 2.45) is 5.73 Å². The van der Waals surface area contributed by atoms with Crippen LogP contribution < -0.4 is 11.1 Å². The second-order valence-corrected chi connectivity index (χ2v) is 8.88. The van der Waals surface area contributed by atoms with E-state index in [9.17, 15) is 9.59 Å². The Morgan fingerprint density at radius 3 is 2.75 bits per heavy atom. The third kappa shape index (κ3) is 4.15. The first kappa shape index (κ1) is 23.4. The fraction of sp³-hybridized carbons (Fsp3) is 0.167. The number of nitrogens with one attached hydrogen (secondary N) is 2. The Balaban J connectivity index is 1.53. The molecule has 4 N–H and O–H groups in total. The predicted molar refractivity (Wildman–Crippen MR) is 135 cm³/mol. The molecule has 0 saturated heterocycles. The number of hydrogen-bond acceptors (Lipinski definition) is 7. The maximum absolute atomic E-state index is 12.9. The van der Waals surface area contributed by atoms with Crippen LogP contribution >= 0.6 is 15.9 Å². The number of benzene rings is 2. The molecular formula is C24H21BrN8O3. The number of aryl methyl sites for hydroxylation is 2. The summed E-state index contributed by atoms with van der Waals surface area (Å²) >= 11 is 3.66. The van der Waals surface area contributed by atoms with Crippen LogP contribution in [0.25, 0.3) is 22.3 Å². The maximum Gasteiger partial charge on any atom is 0.267 e. The molecule has 2 aromatic carbocycles. The highest BCUT2D eigenvalue weighted by Gasteiger charge is 2.22. The van der Waals surface area contributed by atoms with Crippen molar-refractivity contribution in [2.75, 3.05) is 5.32 Å². The number of nitrogens with zero attached hydrogens (tertiary/aromatic N) is 5. The number of furan rings is 1. The number of aromatic amines is 1. The second-order valence-electron chi connectivity index (χ2n) is 8.09. The predicted octanol–water partition coefficient (Wildman–Crippen LogP) is 3.84. The summed E-state index contributed by atoms with van der Waals surface area (Å²) in [5.74, 6) is 0.534. The Hall–Kier alpha value is -4.32. The zero-order valence-electron chi connectivity index (χ0n) is 19.4. The largest absolute Gasteiger partial charge is 0.455 e. The van der Waals surface area contributed by atoms with Gasteiger partial charge in [-0.15, -0.1) is 0 Å². The summed E-state index contributed by atoms with van der Waals surface area (Å²) < 4.78 is 8.71. The number of tetrazole rings is 1. The molecule has 0 aliphatic carbocycles. The van der Waals surface area contributed by atoms with Gasteiger partial charge < -0.3 is 14.7 Å². The van der Waals surface area contributed by atoms with Crippen molar-refractivity contribution in [1.82, 2.24) is 30.2 Å². The highest BCUT2D eigenvalue weighted by molar-refractivity contribution is 9.10. The number of rotatable bonds is 7. The average molecular weight is 549 g/mol. The number of H-pyrrole nitrogens is 1. The van der Waals surface area contributed by atoms with Crippen molar-refractivity contribution in [3.8, 4) is 11.3 Å². The van der Waals surface area contributed by atoms with E-state index in [0.29, 0.717) is 51.3 Å². The molecule has 5 aromatic rings. The zero-order valence-corrected chi connectivity index (χ0v) is 21.0. The van der Waals surface area contributed by atoms with Crippen molar-refractivity contribution in [1.29, 1.82) is 0 Å². The lowest BCUT2D eigenvalue weighted by Gasteiger charge is -2.10. The molecule has 0 unspecified atom stereocenters. The summed E-state index contributed by atoms with van der Waals surface area (Å²) in [6.07, 6.45) is 0.666. The standard InChI is InChI=1S/C24H21BrN8O3/c1-3-18-27-12(2)20(22(26)34)33(18)11-13-8-9-17-16(10-13)19(25)21(36-17)14-6-4-5-7-15(14)23(35)28-24-29-31-32-30-24/h4-10H,3,11H2,1-2H3,(H2,26,34)(H2,28,29,30,31,32,35). The topological polar surface area (TPSA) is 158 Å². The minimum Gasteiger partial charge on any atom is -0.455 e. The number of fused-ring (bicyclic) bond motifs is 1. The number of halogens is 1. The number of aromatic nitrogens is 6. The van der Waals surface area contributed by atoms with Gasteiger partial charge in [0.25, 0.3) is 11.8 Å². The summed E-state index contributed by atoms with van der Waals surface area (Å²) in [5.41, 5.74) is 9.22. The van der Waals surface area contributed by atoms with Gasteiger partial charge in [0.1, 0.15) is 22.9 Å². The molecule has 3 heterocycles. The lowest BCUT2D eigenvalue weighted by Crippen LogP contribution is -2.19. The van der Waals surface area contributed by atoms with Gasteiger partial charge in [-0.1, -0.05) is 36.3 Å². The van der Waals surface area contributed by atoms with E-state index >= 15 is 0 Å². The number of carbonyl (C=O) groups is 2. The van der Waals surface area contributed by atoms with E-state index in [4.69, 9.17) is 10.2 Å². The van der Waals surface area contributed by atoms with Gasteiger partial charge in [0.15, 0.2) is 0 Å². The molecule has 0 aliphatic rings. The van der Waals surface area contributed by atoms with E-state index in [-0.39, 0.29) is 5.95 Å². The van der Waals surface area contributed by atoms with Crippen LogP contribution in [0.3, 0.4) is 0 Å². The molecule has 0 spiro atoms. The minimum atomic E-state index is -0.511. The molecule has 3 aromatic heterocycles. The van der Waals surface area contributed by atoms with Crippen molar-refractivity contribution < 1.29 is 14.0 Å². The number of imidazole rings is 1. The average Bonchev–Trinajstić information content (AvgIpc) is 3.57. The lowest BCUT2D eigenvalue weighted by atomic mass is 10.0. The van der Waals surface area contributed by atoms with Crippen molar-refractivity contribution in [3.05, 3.63) is 75.3 Å². The van der Waals surface area contributed by atoms with Crippen molar-refractivity contribution >= 4 is 44.7 Å². The van der Waals surface area contributed by atoms with Crippen LogP contribution in [0.4, 0.5) is 5.95 Å². The third-order valence-corrected chi connectivity index (χ3v) is 6.58. The molecule has 0 atom stereocenters. The molecular weight excluding hydrogens is 528 g/mol. The van der Waals surface area contributed by atoms with Crippen LogP contribution in [0.1, 0.15) is 44.9 Å². The number of anilines is 1. The van der Waals surface area contributed by atoms with E-state index in [0.717, 1.165) is 16.8 Å². The smallest absolute Gasteiger partial charge is 0.267 e. The van der Waals surface area contributed by atoms with Crippen LogP contribution in [0.15, 0.2) is 51.4 Å². The Bertz CT molecular complexity index is 1600. The van der Waals surface area contributed by atoms with E-state index in [1.807, 2.05) is 35.8 Å². The third-order valence-electron chi connectivity index (χ3n) is 5.80. The van der Waals surface area contributed by atoms with Gasteiger partial charge in [0.05, 0.1) is 15.7 Å². The van der Waals surface area contributed by atoms with E-state index in [2.05, 4.69) is 46.9 Å². The summed E-state index contributed by atoms with van der Waals surface area (Å²) in [6, 6.07) is 12.9. The first-order valence-corrected chi connectivity index (χ1v) is 11.9. The Kier molecular flexibility index (Phi) is 6.10. The summed E-state index contributed by atoms with van der Waals surface area (Å²) in [6.45, 7) is 4.19. The fourth-order valence-electron chi connectivity index (χ4n) is 4.22. The number of primary amides is 1. The number of hydrogen-bond donors (Lipinski definition) is 3. The highest BCUT2D eigenvalue weighted by Crippen LogP contribution is 2.39. The monoisotopic (exact) mass is 548 g/mol. The summed E-state index contributed by atoms with van der Waals surface area (Å²) in [4.78, 5) is 29.5. The Morgan fingerprint density at radius 1 is 1.22 bits per heavy atom. The van der Waals surface area contributed by atoms with E-state index < -0.39 is 11.8 Å². The van der Waals surface area contributed by atoms with Gasteiger partial charge in [0.2, 0.25) is 5.95 Å². The summed E-state index contributed by atoms with van der Waals surface area (Å²) in [7, 11) is 0. The lowest BCUT2D eigenvalue weighted by molar-refractivity contribution is 0.0989. The number of carbonyl (C=O) groups excluding carboxylic acids is 2. The quantitative estimate of drug-likeness (QED) is 0.278. The second kappa shape index (κ2) is 9.38. The van der Waals surface area contributed by atoms with Crippen LogP contribution in [0.2, 0.25) is 0 Å². The molecule has 12 heteroatoms. The number of amides is 2. The molecule has 11 nitrogen and oxygen atoms in total. The molecule has 0 aliphatic heterocycles. The molecule has 0 fully saturated rings. The molecule has 5 rings (SSSR count). The van der Waals surface area contributed by atoms with Crippen molar-refractivity contribution in [3.63, 3.8) is 0 Å². The van der Waals surface area contributed by atoms with Crippen LogP contribution in [0.5, 0.6) is 0 Å². The SMILES string of the molecule is CCc1nc(C)c(C(N)=O)n1Cc1ccc2oc(-c3ccccc3C(=O)Nc3nnn[nH]3)c(Br)c2c1. The van der Waals surface area contributed by atoms with Gasteiger partial charge in [-0.3, -0.25) is 14.9 Å². The molecule has 0 radical (unpaired) electrons. The number of nitrogens with two attached hydrogens (primary N) is 1. The zero-order chi connectivity index (χ0) is 25.4. The minimum absolute atomic E-state index is 0.139. The van der Waals surface area contributed by atoms with E-state index in [1.165, 1.54) is 0 Å². The van der Waals surface area contributed by atoms with Crippen LogP contribution in [-0.2, 0) is 13.0 Å².